The molecular formula is C20H19FN4O3. The summed E-state index contributed by atoms with van der Waals surface area (Å²) in [6, 6.07) is 5.02. The van der Waals surface area contributed by atoms with E-state index in [0.29, 0.717) is 5.69 Å². The van der Waals surface area contributed by atoms with Crippen LogP contribution in [0.15, 0.2) is 24.3 Å². The van der Waals surface area contributed by atoms with Gasteiger partial charge in [-0.15, -0.1) is 0 Å². The number of aromatic nitrogens is 1. The van der Waals surface area contributed by atoms with Gasteiger partial charge in [-0.2, -0.15) is 0 Å². The Balaban J connectivity index is 1.78. The van der Waals surface area contributed by atoms with Crippen molar-refractivity contribution in [2.75, 3.05) is 5.73 Å². The maximum absolute atomic E-state index is 15.5. The smallest absolute Gasteiger partial charge is 0.255 e. The van der Waals surface area contributed by atoms with Crippen LogP contribution in [0.1, 0.15) is 47.3 Å². The number of benzene rings is 1. The van der Waals surface area contributed by atoms with Gasteiger partial charge in [0.2, 0.25) is 11.8 Å². The summed E-state index contributed by atoms with van der Waals surface area (Å²) in [5, 5.41) is 2.25. The fourth-order valence-electron chi connectivity index (χ4n) is 4.00. The Bertz CT molecular complexity index is 1040. The number of aryl methyl sites for hydroxylation is 1. The van der Waals surface area contributed by atoms with E-state index in [1.165, 1.54) is 11.0 Å². The molecule has 1 saturated heterocycles. The number of fused-ring (bicyclic) bond motifs is 1. The molecule has 7 nitrogen and oxygen atoms in total. The summed E-state index contributed by atoms with van der Waals surface area (Å²) >= 11 is 0. The van der Waals surface area contributed by atoms with Gasteiger partial charge in [0.1, 0.15) is 17.7 Å². The summed E-state index contributed by atoms with van der Waals surface area (Å²) < 4.78 is 15.5. The first-order valence-electron chi connectivity index (χ1n) is 9.02. The Kier molecular flexibility index (Phi) is 4.14. The number of pyridine rings is 1. The number of nitrogens with two attached hydrogens (primary N) is 1. The highest BCUT2D eigenvalue weighted by Gasteiger charge is 2.44. The van der Waals surface area contributed by atoms with E-state index >= 15 is 4.39 Å². The van der Waals surface area contributed by atoms with E-state index in [1.54, 1.807) is 32.0 Å². The zero-order chi connectivity index (χ0) is 20.2. The minimum absolute atomic E-state index is 0.142. The average molecular weight is 382 g/mol. The van der Waals surface area contributed by atoms with E-state index in [-0.39, 0.29) is 41.3 Å². The number of nitrogens with zero attached hydrogens (tertiary/aromatic N) is 2. The van der Waals surface area contributed by atoms with Gasteiger partial charge in [-0.1, -0.05) is 6.07 Å². The van der Waals surface area contributed by atoms with Gasteiger partial charge < -0.3 is 10.6 Å². The van der Waals surface area contributed by atoms with Crippen LogP contribution in [0.5, 0.6) is 0 Å². The van der Waals surface area contributed by atoms with Crippen molar-refractivity contribution in [3.8, 4) is 11.3 Å². The van der Waals surface area contributed by atoms with Gasteiger partial charge in [-0.3, -0.25) is 19.7 Å². The van der Waals surface area contributed by atoms with Crippen LogP contribution in [-0.2, 0) is 9.59 Å². The molecule has 3 amide bonds. The van der Waals surface area contributed by atoms with E-state index in [9.17, 15) is 14.4 Å². The third kappa shape index (κ3) is 2.64. The SMILES string of the molecule is Cc1ccc(N)nc1-c1ccc2c(c1F)[C@@H](C)N(C1CCC(=O)NC1=O)C2=O. The lowest BCUT2D eigenvalue weighted by Gasteiger charge is -2.32. The predicted molar refractivity (Wildman–Crippen MR) is 99.5 cm³/mol. The summed E-state index contributed by atoms with van der Waals surface area (Å²) in [5.41, 5.74) is 7.64. The predicted octanol–water partition coefficient (Wildman–Crippen LogP) is 2.10. The molecule has 2 aliphatic heterocycles. The molecule has 28 heavy (non-hydrogen) atoms. The average Bonchev–Trinajstić information content (AvgIpc) is 2.89. The highest BCUT2D eigenvalue weighted by Crippen LogP contribution is 2.41. The number of nitrogen functional groups attached to an aromatic ring is 1. The largest absolute Gasteiger partial charge is 0.384 e. The molecule has 3 heterocycles. The van der Waals surface area contributed by atoms with Crippen molar-refractivity contribution < 1.29 is 18.8 Å². The molecule has 0 aliphatic carbocycles. The molecule has 0 radical (unpaired) electrons. The lowest BCUT2D eigenvalue weighted by molar-refractivity contribution is -0.137. The molecule has 1 aromatic heterocycles. The van der Waals surface area contributed by atoms with Crippen molar-refractivity contribution in [2.24, 2.45) is 0 Å². The van der Waals surface area contributed by atoms with Crippen molar-refractivity contribution in [2.45, 2.75) is 38.8 Å². The Labute approximate surface area is 160 Å². The molecular weight excluding hydrogens is 363 g/mol. The topological polar surface area (TPSA) is 105 Å². The normalized spacial score (nSPS) is 21.7. The lowest BCUT2D eigenvalue weighted by Crippen LogP contribution is -2.53. The number of nitrogens with one attached hydrogen (secondary N) is 1. The van der Waals surface area contributed by atoms with Crippen molar-refractivity contribution in [3.63, 3.8) is 0 Å². The summed E-state index contributed by atoms with van der Waals surface area (Å²) in [6.07, 6.45) is 0.364. The van der Waals surface area contributed by atoms with Crippen LogP contribution < -0.4 is 11.1 Å². The maximum Gasteiger partial charge on any atom is 0.255 e. The third-order valence-corrected chi connectivity index (χ3v) is 5.40. The number of piperidine rings is 1. The van der Waals surface area contributed by atoms with Crippen LogP contribution in [0, 0.1) is 12.7 Å². The van der Waals surface area contributed by atoms with E-state index in [4.69, 9.17) is 5.73 Å². The molecule has 0 bridgehead atoms. The summed E-state index contributed by atoms with van der Waals surface area (Å²) in [6.45, 7) is 3.48. The standard InChI is InChI=1S/C20H19FN4O3/c1-9-3-7-14(22)23-18(9)12-5-4-11-16(17(12)21)10(2)25(20(11)28)13-6-8-15(26)24-19(13)27/h3-5,7,10,13H,6,8H2,1-2H3,(H2,22,23)(H,24,26,27)/t10-,13?/m1/s1. The van der Waals surface area contributed by atoms with Crippen LogP contribution in [0.4, 0.5) is 10.2 Å². The van der Waals surface area contributed by atoms with Gasteiger partial charge >= 0.3 is 0 Å². The molecule has 0 spiro atoms. The van der Waals surface area contributed by atoms with Crippen LogP contribution in [-0.4, -0.2) is 33.6 Å². The number of halogens is 1. The molecule has 0 saturated carbocycles. The highest BCUT2D eigenvalue weighted by molar-refractivity contribution is 6.06. The Morgan fingerprint density at radius 1 is 1.18 bits per heavy atom. The summed E-state index contributed by atoms with van der Waals surface area (Å²) in [7, 11) is 0. The molecule has 1 aromatic carbocycles. The summed E-state index contributed by atoms with van der Waals surface area (Å²) in [4.78, 5) is 42.2. The Morgan fingerprint density at radius 2 is 1.89 bits per heavy atom. The van der Waals surface area contributed by atoms with E-state index < -0.39 is 29.7 Å². The minimum Gasteiger partial charge on any atom is -0.384 e. The number of anilines is 1. The van der Waals surface area contributed by atoms with Gasteiger partial charge in [0.25, 0.3) is 5.91 Å². The monoisotopic (exact) mass is 382 g/mol. The second-order valence-corrected chi connectivity index (χ2v) is 7.15. The van der Waals surface area contributed by atoms with Crippen LogP contribution in [0.2, 0.25) is 0 Å². The van der Waals surface area contributed by atoms with Crippen LogP contribution in [0.3, 0.4) is 0 Å². The van der Waals surface area contributed by atoms with E-state index in [0.717, 1.165) is 5.56 Å². The third-order valence-electron chi connectivity index (χ3n) is 5.40. The zero-order valence-electron chi connectivity index (χ0n) is 15.5. The zero-order valence-corrected chi connectivity index (χ0v) is 15.5. The quantitative estimate of drug-likeness (QED) is 0.774. The van der Waals surface area contributed by atoms with E-state index in [2.05, 4.69) is 10.3 Å². The minimum atomic E-state index is -0.803. The van der Waals surface area contributed by atoms with E-state index in [1.807, 2.05) is 0 Å². The molecule has 2 aliphatic rings. The molecule has 2 aromatic rings. The number of hydrogen-bond acceptors (Lipinski definition) is 5. The molecule has 1 fully saturated rings. The Hall–Kier alpha value is -3.29. The summed E-state index contributed by atoms with van der Waals surface area (Å²) in [5.74, 6) is -1.59. The number of rotatable bonds is 2. The number of hydrogen-bond donors (Lipinski definition) is 2. The van der Waals surface area contributed by atoms with Gasteiger partial charge in [0.15, 0.2) is 0 Å². The maximum atomic E-state index is 15.5. The van der Waals surface area contributed by atoms with Crippen molar-refractivity contribution in [3.05, 3.63) is 46.8 Å². The molecule has 3 N–H and O–H groups in total. The van der Waals surface area contributed by atoms with Crippen molar-refractivity contribution in [1.82, 2.24) is 15.2 Å². The van der Waals surface area contributed by atoms with Gasteiger partial charge in [-0.25, -0.2) is 9.37 Å². The first-order chi connectivity index (χ1) is 13.3. The first kappa shape index (κ1) is 18.1. The molecule has 2 atom stereocenters. The van der Waals surface area contributed by atoms with Crippen molar-refractivity contribution in [1.29, 1.82) is 0 Å². The van der Waals surface area contributed by atoms with Crippen LogP contribution >= 0.6 is 0 Å². The molecule has 4 rings (SSSR count). The number of imide groups is 1. The number of amides is 3. The van der Waals surface area contributed by atoms with Crippen LogP contribution in [0.25, 0.3) is 11.3 Å². The highest BCUT2D eigenvalue weighted by atomic mass is 19.1. The molecule has 144 valence electrons. The second-order valence-electron chi connectivity index (χ2n) is 7.15. The molecule has 8 heteroatoms. The number of carbonyl (C=O) groups excluding carboxylic acids is 3. The number of carbonyl (C=O) groups is 3. The van der Waals surface area contributed by atoms with Gasteiger partial charge in [0, 0.05) is 23.1 Å². The lowest BCUT2D eigenvalue weighted by atomic mass is 9.97. The fraction of sp³-hybridized carbons (Fsp3) is 0.300. The van der Waals surface area contributed by atoms with Gasteiger partial charge in [0.05, 0.1) is 11.7 Å². The Morgan fingerprint density at radius 3 is 2.61 bits per heavy atom. The van der Waals surface area contributed by atoms with Crippen molar-refractivity contribution >= 4 is 23.5 Å². The first-order valence-corrected chi connectivity index (χ1v) is 9.02. The molecule has 1 unspecified atom stereocenters. The van der Waals surface area contributed by atoms with Gasteiger partial charge in [-0.05, 0) is 44.0 Å². The second kappa shape index (κ2) is 6.40. The fourth-order valence-corrected chi connectivity index (χ4v) is 4.00.